The van der Waals surface area contributed by atoms with Crippen LogP contribution in [-0.4, -0.2) is 96.7 Å². The van der Waals surface area contributed by atoms with Gasteiger partial charge < -0.3 is 33.8 Å². The van der Waals surface area contributed by atoms with Gasteiger partial charge in [-0.05, 0) is 31.6 Å². The molecule has 0 rings (SSSR count). The molecule has 0 aliphatic rings. The number of carbonyl (C=O) groups excluding carboxylic acids is 4. The van der Waals surface area contributed by atoms with E-state index >= 15 is 0 Å². The van der Waals surface area contributed by atoms with Gasteiger partial charge in [0.1, 0.15) is 19.3 Å². The van der Waals surface area contributed by atoms with Gasteiger partial charge >= 0.3 is 39.5 Å². The van der Waals surface area contributed by atoms with E-state index in [0.29, 0.717) is 25.7 Å². The van der Waals surface area contributed by atoms with E-state index in [9.17, 15) is 43.2 Å². The highest BCUT2D eigenvalue weighted by atomic mass is 31.2. The Balaban J connectivity index is 5.21. The minimum Gasteiger partial charge on any atom is -0.462 e. The summed E-state index contributed by atoms with van der Waals surface area (Å²) in [5.74, 6) is -1.31. The molecular formula is C72H140O17P2. The molecule has 540 valence electrons. The first-order valence-corrected chi connectivity index (χ1v) is 40.7. The Morgan fingerprint density at radius 1 is 0.308 bits per heavy atom. The first kappa shape index (κ1) is 89.1. The molecule has 0 saturated heterocycles. The summed E-state index contributed by atoms with van der Waals surface area (Å²) in [5, 5.41) is 10.6. The van der Waals surface area contributed by atoms with Crippen LogP contribution in [0.1, 0.15) is 375 Å². The Labute approximate surface area is 556 Å². The molecule has 0 aromatic rings. The number of hydrogen-bond acceptors (Lipinski definition) is 15. The van der Waals surface area contributed by atoms with Gasteiger partial charge in [-0.15, -0.1) is 0 Å². The van der Waals surface area contributed by atoms with Crippen LogP contribution in [0.2, 0.25) is 0 Å². The summed E-state index contributed by atoms with van der Waals surface area (Å²) in [6.45, 7) is 7.27. The van der Waals surface area contributed by atoms with Crippen LogP contribution in [-0.2, 0) is 65.4 Å². The first-order valence-electron chi connectivity index (χ1n) is 37.7. The van der Waals surface area contributed by atoms with Crippen LogP contribution in [0.5, 0.6) is 0 Å². The molecule has 0 radical (unpaired) electrons. The van der Waals surface area contributed by atoms with Crippen LogP contribution in [0.4, 0.5) is 0 Å². The lowest BCUT2D eigenvalue weighted by Crippen LogP contribution is -2.30. The molecule has 0 aromatic carbocycles. The van der Waals surface area contributed by atoms with Gasteiger partial charge in [-0.3, -0.25) is 37.3 Å². The van der Waals surface area contributed by atoms with E-state index in [2.05, 4.69) is 34.6 Å². The van der Waals surface area contributed by atoms with Gasteiger partial charge in [-0.2, -0.15) is 0 Å². The normalized spacial score (nSPS) is 14.3. The van der Waals surface area contributed by atoms with E-state index in [-0.39, 0.29) is 25.7 Å². The molecule has 6 atom stereocenters. The lowest BCUT2D eigenvalue weighted by atomic mass is 9.99. The smallest absolute Gasteiger partial charge is 0.462 e. The second-order valence-electron chi connectivity index (χ2n) is 26.2. The average Bonchev–Trinajstić information content (AvgIpc) is 3.54. The minimum absolute atomic E-state index is 0.107. The van der Waals surface area contributed by atoms with E-state index < -0.39 is 97.5 Å². The quantitative estimate of drug-likeness (QED) is 0.0222. The summed E-state index contributed by atoms with van der Waals surface area (Å²) in [6.07, 6.45) is 52.6. The standard InChI is InChI=1S/C72H140O17P2/c1-6-10-13-16-19-22-24-25-26-27-28-29-30-31-38-43-48-53-58-72(77)89-68(62-83-70(75)56-51-46-41-37-33-32-35-39-44-49-54-65(5)9-4)64-87-91(80,81)85-60-66(73)59-84-90(78,79)86-63-67(61-82-69(74)55-50-45-40-34-21-18-15-12-8-3)88-71(76)57-52-47-42-36-23-20-17-14-11-7-2/h65-68,73H,6-64H2,1-5H3,(H,78,79)(H,80,81)/t65?,66-,67+,68+/m0/s1. The Bertz CT molecular complexity index is 1760. The molecule has 0 heterocycles. The first-order chi connectivity index (χ1) is 44.1. The van der Waals surface area contributed by atoms with Crippen LogP contribution in [0, 0.1) is 5.92 Å². The molecule has 0 bridgehead atoms. The number of phosphoric acid groups is 2. The molecule has 19 heteroatoms. The van der Waals surface area contributed by atoms with Gasteiger partial charge in [0.2, 0.25) is 0 Å². The molecule has 0 saturated carbocycles. The summed E-state index contributed by atoms with van der Waals surface area (Å²) in [4.78, 5) is 72.5. The molecule has 3 N–H and O–H groups in total. The molecule has 0 spiro atoms. The lowest BCUT2D eigenvalue weighted by molar-refractivity contribution is -0.161. The topological polar surface area (TPSA) is 237 Å². The number of aliphatic hydroxyl groups excluding tert-OH is 1. The van der Waals surface area contributed by atoms with Gasteiger partial charge in [0.25, 0.3) is 0 Å². The lowest BCUT2D eigenvalue weighted by Gasteiger charge is -2.21. The zero-order chi connectivity index (χ0) is 67.0. The molecular weight excluding hydrogens is 1200 g/mol. The Morgan fingerprint density at radius 3 is 0.780 bits per heavy atom. The van der Waals surface area contributed by atoms with Crippen LogP contribution < -0.4 is 0 Å². The summed E-state index contributed by atoms with van der Waals surface area (Å²) in [5.41, 5.74) is 0. The summed E-state index contributed by atoms with van der Waals surface area (Å²) in [6, 6.07) is 0. The van der Waals surface area contributed by atoms with Crippen LogP contribution in [0.15, 0.2) is 0 Å². The van der Waals surface area contributed by atoms with Crippen molar-refractivity contribution in [3.8, 4) is 0 Å². The van der Waals surface area contributed by atoms with Gasteiger partial charge in [0.05, 0.1) is 26.4 Å². The third kappa shape index (κ3) is 65.1. The molecule has 3 unspecified atom stereocenters. The van der Waals surface area contributed by atoms with Crippen LogP contribution >= 0.6 is 15.6 Å². The number of esters is 4. The fraction of sp³-hybridized carbons (Fsp3) is 0.944. The summed E-state index contributed by atoms with van der Waals surface area (Å²) >= 11 is 0. The van der Waals surface area contributed by atoms with Crippen LogP contribution in [0.25, 0.3) is 0 Å². The van der Waals surface area contributed by atoms with Gasteiger partial charge in [-0.25, -0.2) is 9.13 Å². The van der Waals surface area contributed by atoms with Crippen molar-refractivity contribution in [2.45, 2.75) is 393 Å². The van der Waals surface area contributed by atoms with Crippen molar-refractivity contribution in [2.24, 2.45) is 5.92 Å². The largest absolute Gasteiger partial charge is 0.472 e. The highest BCUT2D eigenvalue weighted by Crippen LogP contribution is 2.45. The highest BCUT2D eigenvalue weighted by Gasteiger charge is 2.30. The molecule has 17 nitrogen and oxygen atoms in total. The fourth-order valence-electron chi connectivity index (χ4n) is 11.0. The third-order valence-corrected chi connectivity index (χ3v) is 19.0. The van der Waals surface area contributed by atoms with Crippen molar-refractivity contribution in [3.63, 3.8) is 0 Å². The van der Waals surface area contributed by atoms with Gasteiger partial charge in [-0.1, -0.05) is 324 Å². The maximum Gasteiger partial charge on any atom is 0.472 e. The van der Waals surface area contributed by atoms with E-state index in [4.69, 9.17) is 37.0 Å². The van der Waals surface area contributed by atoms with Crippen molar-refractivity contribution in [2.75, 3.05) is 39.6 Å². The average molecular weight is 1340 g/mol. The second kappa shape index (κ2) is 65.4. The van der Waals surface area contributed by atoms with Crippen LogP contribution in [0.3, 0.4) is 0 Å². The highest BCUT2D eigenvalue weighted by molar-refractivity contribution is 7.47. The number of hydrogen-bond donors (Lipinski definition) is 3. The molecule has 0 amide bonds. The minimum atomic E-state index is -4.95. The summed E-state index contributed by atoms with van der Waals surface area (Å²) in [7, 11) is -9.90. The zero-order valence-corrected chi connectivity index (χ0v) is 60.8. The number of phosphoric ester groups is 2. The third-order valence-electron chi connectivity index (χ3n) is 17.1. The number of rotatable bonds is 72. The van der Waals surface area contributed by atoms with Crippen molar-refractivity contribution in [1.82, 2.24) is 0 Å². The Kier molecular flexibility index (Phi) is 64.0. The maximum atomic E-state index is 13.0. The van der Waals surface area contributed by atoms with Crippen molar-refractivity contribution in [1.29, 1.82) is 0 Å². The molecule has 0 fully saturated rings. The Hall–Kier alpha value is -1.94. The van der Waals surface area contributed by atoms with Crippen molar-refractivity contribution < 1.29 is 80.2 Å². The predicted molar refractivity (Wildman–Crippen MR) is 368 cm³/mol. The SMILES string of the molecule is CCCCCCCCCCCCCCCCCCCCC(=O)O[C@H](COC(=O)CCCCCCCCCCCCC(C)CC)COP(=O)(O)OC[C@@H](O)COP(=O)(O)OC[C@@H](COC(=O)CCCCCCCCCCC)OC(=O)CCCCCCCCCCCC. The number of carbonyl (C=O) groups is 4. The number of unbranched alkanes of at least 4 members (excludes halogenated alkanes) is 43. The van der Waals surface area contributed by atoms with E-state index in [1.807, 2.05) is 0 Å². The fourth-order valence-corrected chi connectivity index (χ4v) is 12.5. The zero-order valence-electron chi connectivity index (χ0n) is 59.0. The van der Waals surface area contributed by atoms with Crippen molar-refractivity contribution in [3.05, 3.63) is 0 Å². The maximum absolute atomic E-state index is 13.0. The number of aliphatic hydroxyl groups is 1. The second-order valence-corrected chi connectivity index (χ2v) is 29.1. The molecule has 0 aliphatic carbocycles. The molecule has 0 aromatic heterocycles. The molecule has 91 heavy (non-hydrogen) atoms. The van der Waals surface area contributed by atoms with Gasteiger partial charge in [0.15, 0.2) is 12.2 Å². The van der Waals surface area contributed by atoms with E-state index in [1.54, 1.807) is 0 Å². The monoisotopic (exact) mass is 1340 g/mol. The Morgan fingerprint density at radius 2 is 0.527 bits per heavy atom. The van der Waals surface area contributed by atoms with E-state index in [1.165, 1.54) is 199 Å². The van der Waals surface area contributed by atoms with E-state index in [0.717, 1.165) is 95.8 Å². The summed E-state index contributed by atoms with van der Waals surface area (Å²) < 4.78 is 68.3. The predicted octanol–water partition coefficient (Wildman–Crippen LogP) is 20.9. The number of ether oxygens (including phenoxy) is 4. The van der Waals surface area contributed by atoms with Gasteiger partial charge in [0, 0.05) is 25.7 Å². The molecule has 0 aliphatic heterocycles. The van der Waals surface area contributed by atoms with Crippen molar-refractivity contribution >= 4 is 39.5 Å².